The molecule has 3 aromatic rings. The Morgan fingerprint density at radius 2 is 1.88 bits per heavy atom. The number of Topliss-reactive ketones (excluding diaryl/α,β-unsaturated/α-hetero) is 1. The van der Waals surface area contributed by atoms with Crippen LogP contribution in [0.15, 0.2) is 76.5 Å². The normalized spacial score (nSPS) is 16.2. The van der Waals surface area contributed by atoms with E-state index in [-0.39, 0.29) is 16.5 Å². The number of hydrogen-bond donors (Lipinski definition) is 1. The van der Waals surface area contributed by atoms with Crippen molar-refractivity contribution in [3.8, 4) is 0 Å². The molecule has 4 rings (SSSR count). The van der Waals surface area contributed by atoms with Crippen LogP contribution >= 0.6 is 27.3 Å². The highest BCUT2D eigenvalue weighted by Crippen LogP contribution is 2.43. The standard InChI is InChI=1S/C25H19BrN2O4S/c1-14-23(15(2)29)33-25(27-14)28-21(17-9-6-10-18(26)13-17)20(22(31)24(28)32)19(30)12-11-16-7-4-3-5-8-16/h3-13,21,31H,1-2H3. The average molecular weight is 523 g/mol. The Bertz CT molecular complexity index is 1330. The second-order valence-electron chi connectivity index (χ2n) is 7.47. The molecule has 0 aliphatic carbocycles. The number of carbonyl (C=O) groups excluding carboxylic acids is 3. The number of thiazole rings is 1. The summed E-state index contributed by atoms with van der Waals surface area (Å²) in [5.41, 5.74) is 1.89. The minimum Gasteiger partial charge on any atom is -0.503 e. The van der Waals surface area contributed by atoms with Gasteiger partial charge < -0.3 is 5.11 Å². The van der Waals surface area contributed by atoms with Crippen molar-refractivity contribution in [1.29, 1.82) is 0 Å². The van der Waals surface area contributed by atoms with Crippen LogP contribution in [0.1, 0.15) is 39.5 Å². The second-order valence-corrected chi connectivity index (χ2v) is 9.36. The molecule has 6 nitrogen and oxygen atoms in total. The van der Waals surface area contributed by atoms with E-state index in [1.165, 1.54) is 17.9 Å². The maximum Gasteiger partial charge on any atom is 0.296 e. The second kappa shape index (κ2) is 9.25. The summed E-state index contributed by atoms with van der Waals surface area (Å²) in [6.07, 6.45) is 2.98. The minimum absolute atomic E-state index is 0.0393. The number of nitrogens with zero attached hydrogens (tertiary/aromatic N) is 2. The molecule has 0 radical (unpaired) electrons. The highest BCUT2D eigenvalue weighted by Gasteiger charge is 2.45. The molecule has 0 bridgehead atoms. The van der Waals surface area contributed by atoms with Crippen LogP contribution in [0.3, 0.4) is 0 Å². The first kappa shape index (κ1) is 22.8. The number of carbonyl (C=O) groups is 3. The molecule has 1 aliphatic rings. The lowest BCUT2D eigenvalue weighted by Gasteiger charge is -2.24. The molecule has 1 amide bonds. The lowest BCUT2D eigenvalue weighted by molar-refractivity contribution is -0.117. The first-order chi connectivity index (χ1) is 15.8. The van der Waals surface area contributed by atoms with Gasteiger partial charge in [0.05, 0.1) is 22.2 Å². The van der Waals surface area contributed by atoms with Crippen LogP contribution < -0.4 is 4.90 Å². The van der Waals surface area contributed by atoms with Gasteiger partial charge in [-0.15, -0.1) is 0 Å². The Hall–Kier alpha value is -3.36. The fraction of sp³-hybridized carbons (Fsp3) is 0.120. The van der Waals surface area contributed by atoms with E-state index < -0.39 is 23.5 Å². The maximum absolute atomic E-state index is 13.2. The van der Waals surface area contributed by atoms with Crippen LogP contribution in [0, 0.1) is 6.92 Å². The molecule has 8 heteroatoms. The highest BCUT2D eigenvalue weighted by atomic mass is 79.9. The van der Waals surface area contributed by atoms with Crippen LogP contribution in [-0.2, 0) is 9.59 Å². The molecule has 2 aromatic carbocycles. The number of anilines is 1. The number of aliphatic hydroxyl groups is 1. The molecule has 0 fully saturated rings. The van der Waals surface area contributed by atoms with Gasteiger partial charge in [-0.3, -0.25) is 19.3 Å². The summed E-state index contributed by atoms with van der Waals surface area (Å²) in [4.78, 5) is 44.5. The van der Waals surface area contributed by atoms with E-state index in [1.807, 2.05) is 36.4 Å². The number of rotatable bonds is 6. The summed E-state index contributed by atoms with van der Waals surface area (Å²) >= 11 is 4.49. The van der Waals surface area contributed by atoms with Crippen molar-refractivity contribution in [2.45, 2.75) is 19.9 Å². The van der Waals surface area contributed by atoms with Gasteiger partial charge in [0.2, 0.25) is 0 Å². The number of amides is 1. The smallest absolute Gasteiger partial charge is 0.296 e. The molecule has 0 saturated carbocycles. The van der Waals surface area contributed by atoms with Crippen LogP contribution in [0.4, 0.5) is 5.13 Å². The average Bonchev–Trinajstić information content (AvgIpc) is 3.30. The molecule has 33 heavy (non-hydrogen) atoms. The number of allylic oxidation sites excluding steroid dienone is 1. The van der Waals surface area contributed by atoms with Crippen molar-refractivity contribution in [2.24, 2.45) is 0 Å². The van der Waals surface area contributed by atoms with Gasteiger partial charge in [0, 0.05) is 11.4 Å². The Labute approximate surface area is 203 Å². The number of halogens is 1. The first-order valence-electron chi connectivity index (χ1n) is 10.1. The van der Waals surface area contributed by atoms with E-state index in [4.69, 9.17) is 0 Å². The molecular weight excluding hydrogens is 504 g/mol. The van der Waals surface area contributed by atoms with Crippen molar-refractivity contribution in [2.75, 3.05) is 4.90 Å². The van der Waals surface area contributed by atoms with E-state index in [1.54, 1.807) is 31.2 Å². The number of hydrogen-bond acceptors (Lipinski definition) is 6. The van der Waals surface area contributed by atoms with Crippen molar-refractivity contribution in [3.63, 3.8) is 0 Å². The topological polar surface area (TPSA) is 87.6 Å². The first-order valence-corrected chi connectivity index (χ1v) is 11.7. The Morgan fingerprint density at radius 1 is 1.15 bits per heavy atom. The van der Waals surface area contributed by atoms with Crippen LogP contribution in [0.5, 0.6) is 0 Å². The van der Waals surface area contributed by atoms with Crippen LogP contribution in [0.25, 0.3) is 6.08 Å². The number of ketones is 2. The quantitative estimate of drug-likeness (QED) is 0.336. The van der Waals surface area contributed by atoms with Crippen molar-refractivity contribution in [1.82, 2.24) is 4.98 Å². The third-order valence-corrected chi connectivity index (χ3v) is 6.93. The molecule has 166 valence electrons. The predicted molar refractivity (Wildman–Crippen MR) is 131 cm³/mol. The number of aryl methyl sites for hydroxylation is 1. The molecule has 1 aromatic heterocycles. The molecule has 2 heterocycles. The van der Waals surface area contributed by atoms with Gasteiger partial charge in [0.15, 0.2) is 22.5 Å². The summed E-state index contributed by atoms with van der Waals surface area (Å²) < 4.78 is 0.755. The van der Waals surface area contributed by atoms with Gasteiger partial charge in [-0.1, -0.05) is 75.8 Å². The third-order valence-electron chi connectivity index (χ3n) is 5.18. The predicted octanol–water partition coefficient (Wildman–Crippen LogP) is 5.60. The zero-order valence-electron chi connectivity index (χ0n) is 17.8. The van der Waals surface area contributed by atoms with Gasteiger partial charge in [-0.2, -0.15) is 0 Å². The molecular formula is C25H19BrN2O4S. The van der Waals surface area contributed by atoms with Gasteiger partial charge in [-0.05, 0) is 36.3 Å². The summed E-state index contributed by atoms with van der Waals surface area (Å²) in [7, 11) is 0. The third kappa shape index (κ3) is 4.44. The van der Waals surface area contributed by atoms with E-state index >= 15 is 0 Å². The summed E-state index contributed by atoms with van der Waals surface area (Å²) in [6.45, 7) is 3.12. The molecule has 0 spiro atoms. The zero-order valence-corrected chi connectivity index (χ0v) is 20.2. The summed E-state index contributed by atoms with van der Waals surface area (Å²) in [6, 6.07) is 15.5. The monoisotopic (exact) mass is 522 g/mol. The van der Waals surface area contributed by atoms with Crippen molar-refractivity contribution in [3.05, 3.63) is 98.2 Å². The Balaban J connectivity index is 1.82. The summed E-state index contributed by atoms with van der Waals surface area (Å²) in [5.74, 6) is -2.02. The van der Waals surface area contributed by atoms with E-state index in [0.29, 0.717) is 16.1 Å². The molecule has 1 aliphatic heterocycles. The van der Waals surface area contributed by atoms with E-state index in [2.05, 4.69) is 20.9 Å². The van der Waals surface area contributed by atoms with Gasteiger partial charge in [-0.25, -0.2) is 4.98 Å². The van der Waals surface area contributed by atoms with Crippen LogP contribution in [0.2, 0.25) is 0 Å². The summed E-state index contributed by atoms with van der Waals surface area (Å²) in [5, 5.41) is 11.0. The lowest BCUT2D eigenvalue weighted by atomic mass is 9.96. The van der Waals surface area contributed by atoms with E-state index in [0.717, 1.165) is 21.4 Å². The van der Waals surface area contributed by atoms with Crippen molar-refractivity contribution < 1.29 is 19.5 Å². The van der Waals surface area contributed by atoms with Crippen LogP contribution in [-0.4, -0.2) is 27.6 Å². The van der Waals surface area contributed by atoms with Gasteiger partial charge in [0.1, 0.15) is 0 Å². The van der Waals surface area contributed by atoms with Gasteiger partial charge in [0.25, 0.3) is 5.91 Å². The molecule has 1 atom stereocenters. The lowest BCUT2D eigenvalue weighted by Crippen LogP contribution is -2.30. The Kier molecular flexibility index (Phi) is 6.40. The van der Waals surface area contributed by atoms with Gasteiger partial charge >= 0.3 is 0 Å². The highest BCUT2D eigenvalue weighted by molar-refractivity contribution is 9.10. The van der Waals surface area contributed by atoms with Crippen molar-refractivity contribution >= 4 is 55.9 Å². The minimum atomic E-state index is -0.895. The van der Waals surface area contributed by atoms with E-state index in [9.17, 15) is 19.5 Å². The number of benzene rings is 2. The largest absolute Gasteiger partial charge is 0.503 e. The zero-order chi connectivity index (χ0) is 23.7. The fourth-order valence-electron chi connectivity index (χ4n) is 3.68. The number of aliphatic hydroxyl groups excluding tert-OH is 1. The maximum atomic E-state index is 13.2. The number of aromatic nitrogens is 1. The molecule has 0 saturated heterocycles. The SMILES string of the molecule is CC(=O)c1sc(N2C(=O)C(O)=C(C(=O)C=Cc3ccccc3)C2c2cccc(Br)c2)nc1C. The molecule has 1 unspecified atom stereocenters. The Morgan fingerprint density at radius 3 is 2.52 bits per heavy atom. The molecule has 1 N–H and O–H groups in total. The fourth-order valence-corrected chi connectivity index (χ4v) is 5.09.